The van der Waals surface area contributed by atoms with E-state index in [1.54, 1.807) is 44.4 Å². The number of aryl methyl sites for hydroxylation is 1. The van der Waals surface area contributed by atoms with Gasteiger partial charge in [0.25, 0.3) is 5.56 Å². The van der Waals surface area contributed by atoms with Gasteiger partial charge in [0, 0.05) is 24.1 Å². The summed E-state index contributed by atoms with van der Waals surface area (Å²) in [5.41, 5.74) is 1.01. The molecule has 0 saturated carbocycles. The van der Waals surface area contributed by atoms with Crippen molar-refractivity contribution in [1.29, 1.82) is 0 Å². The molecule has 0 aliphatic heterocycles. The molecule has 0 spiro atoms. The van der Waals surface area contributed by atoms with Crippen LogP contribution in [0.2, 0.25) is 0 Å². The minimum atomic E-state index is -0.680. The molecule has 0 saturated heterocycles. The second-order valence-corrected chi connectivity index (χ2v) is 4.16. The monoisotopic (exact) mass is 258 g/mol. The van der Waals surface area contributed by atoms with E-state index >= 15 is 0 Å². The number of carbonyl (C=O) groups excluding carboxylic acids is 1. The summed E-state index contributed by atoms with van der Waals surface area (Å²) >= 11 is 0. The molecule has 1 N–H and O–H groups in total. The Morgan fingerprint density at radius 1 is 1.26 bits per heavy atom. The first-order chi connectivity index (χ1) is 9.08. The highest BCUT2D eigenvalue weighted by Crippen LogP contribution is 2.08. The van der Waals surface area contributed by atoms with Crippen LogP contribution in [-0.2, 0) is 4.79 Å². The minimum absolute atomic E-state index is 0.300. The zero-order valence-corrected chi connectivity index (χ0v) is 10.7. The predicted molar refractivity (Wildman–Crippen MR) is 70.8 cm³/mol. The van der Waals surface area contributed by atoms with Crippen LogP contribution in [0.3, 0.4) is 0 Å². The van der Waals surface area contributed by atoms with Crippen molar-refractivity contribution in [2.45, 2.75) is 19.9 Å². The number of carbonyl (C=O) groups is 1. The molecule has 0 fully saturated rings. The van der Waals surface area contributed by atoms with E-state index in [9.17, 15) is 9.59 Å². The van der Waals surface area contributed by atoms with E-state index in [-0.39, 0.29) is 11.5 Å². The molecule has 0 aliphatic carbocycles. The molecular weight excluding hydrogens is 244 g/mol. The number of hydrogen-bond donors (Lipinski definition) is 1. The molecule has 0 radical (unpaired) electrons. The van der Waals surface area contributed by atoms with E-state index in [2.05, 4.69) is 15.4 Å². The molecule has 2 heterocycles. The first-order valence-electron chi connectivity index (χ1n) is 5.85. The lowest BCUT2D eigenvalue weighted by Crippen LogP contribution is -2.33. The molecule has 0 aromatic carbocycles. The quantitative estimate of drug-likeness (QED) is 0.895. The van der Waals surface area contributed by atoms with Gasteiger partial charge in [-0.2, -0.15) is 5.10 Å². The van der Waals surface area contributed by atoms with Gasteiger partial charge in [0.1, 0.15) is 6.04 Å². The van der Waals surface area contributed by atoms with E-state index in [4.69, 9.17) is 0 Å². The first-order valence-corrected chi connectivity index (χ1v) is 5.85. The SMILES string of the molecule is Cc1ccc(=O)n(C(C)C(=O)Nc2ccncc2)n1. The van der Waals surface area contributed by atoms with Gasteiger partial charge < -0.3 is 5.32 Å². The first kappa shape index (κ1) is 12.9. The summed E-state index contributed by atoms with van der Waals surface area (Å²) in [7, 11) is 0. The third kappa shape index (κ3) is 3.04. The number of nitrogens with zero attached hydrogens (tertiary/aromatic N) is 3. The maximum atomic E-state index is 12.0. The Labute approximate surface area is 110 Å². The molecule has 19 heavy (non-hydrogen) atoms. The lowest BCUT2D eigenvalue weighted by molar-refractivity contribution is -0.119. The van der Waals surface area contributed by atoms with E-state index in [0.717, 1.165) is 0 Å². The van der Waals surface area contributed by atoms with Gasteiger partial charge >= 0.3 is 0 Å². The molecule has 98 valence electrons. The largest absolute Gasteiger partial charge is 0.324 e. The Bertz CT molecular complexity index is 637. The van der Waals surface area contributed by atoms with Crippen LogP contribution in [0, 0.1) is 6.92 Å². The lowest BCUT2D eigenvalue weighted by atomic mass is 10.3. The van der Waals surface area contributed by atoms with Crippen molar-refractivity contribution in [3.05, 3.63) is 52.7 Å². The van der Waals surface area contributed by atoms with Crippen molar-refractivity contribution in [2.75, 3.05) is 5.32 Å². The summed E-state index contributed by atoms with van der Waals surface area (Å²) < 4.78 is 1.17. The van der Waals surface area contributed by atoms with Crippen LogP contribution >= 0.6 is 0 Å². The number of hydrogen-bond acceptors (Lipinski definition) is 4. The highest BCUT2D eigenvalue weighted by atomic mass is 16.2. The fraction of sp³-hybridized carbons (Fsp3) is 0.231. The summed E-state index contributed by atoms with van der Waals surface area (Å²) in [5, 5.41) is 6.77. The maximum absolute atomic E-state index is 12.0. The van der Waals surface area contributed by atoms with Gasteiger partial charge in [0.15, 0.2) is 0 Å². The molecule has 1 atom stereocenters. The Hall–Kier alpha value is -2.50. The van der Waals surface area contributed by atoms with Gasteiger partial charge in [-0.3, -0.25) is 14.6 Å². The highest BCUT2D eigenvalue weighted by Gasteiger charge is 2.17. The molecule has 1 amide bonds. The fourth-order valence-corrected chi connectivity index (χ4v) is 1.59. The maximum Gasteiger partial charge on any atom is 0.267 e. The molecule has 1 unspecified atom stereocenters. The third-order valence-corrected chi connectivity index (χ3v) is 2.65. The standard InChI is InChI=1S/C13H14N4O2/c1-9-3-4-12(18)17(16-9)10(2)13(19)15-11-5-7-14-8-6-11/h3-8,10H,1-2H3,(H,14,15,19). The van der Waals surface area contributed by atoms with Crippen LogP contribution in [0.15, 0.2) is 41.5 Å². The Morgan fingerprint density at radius 3 is 2.63 bits per heavy atom. The normalized spacial score (nSPS) is 11.9. The van der Waals surface area contributed by atoms with Gasteiger partial charge in [-0.05, 0) is 32.0 Å². The Kier molecular flexibility index (Phi) is 3.70. The van der Waals surface area contributed by atoms with E-state index < -0.39 is 6.04 Å². The number of aromatic nitrogens is 3. The average molecular weight is 258 g/mol. The lowest BCUT2D eigenvalue weighted by Gasteiger charge is -2.14. The molecule has 0 aliphatic rings. The number of nitrogens with one attached hydrogen (secondary N) is 1. The van der Waals surface area contributed by atoms with Crippen LogP contribution in [0.25, 0.3) is 0 Å². The molecule has 2 aromatic heterocycles. The van der Waals surface area contributed by atoms with E-state index in [1.165, 1.54) is 10.7 Å². The second-order valence-electron chi connectivity index (χ2n) is 4.16. The number of pyridine rings is 1. The van der Waals surface area contributed by atoms with Crippen molar-refractivity contribution >= 4 is 11.6 Å². The zero-order chi connectivity index (χ0) is 13.8. The van der Waals surface area contributed by atoms with Gasteiger partial charge in [0.2, 0.25) is 5.91 Å². The zero-order valence-electron chi connectivity index (χ0n) is 10.7. The van der Waals surface area contributed by atoms with Gasteiger partial charge in [0.05, 0.1) is 5.69 Å². The Morgan fingerprint density at radius 2 is 1.95 bits per heavy atom. The van der Waals surface area contributed by atoms with Crippen LogP contribution in [0.5, 0.6) is 0 Å². The summed E-state index contributed by atoms with van der Waals surface area (Å²) in [6.07, 6.45) is 3.16. The topological polar surface area (TPSA) is 76.9 Å². The minimum Gasteiger partial charge on any atom is -0.324 e. The summed E-state index contributed by atoms with van der Waals surface area (Å²) in [4.78, 5) is 27.6. The number of amides is 1. The molecule has 6 nitrogen and oxygen atoms in total. The van der Waals surface area contributed by atoms with Crippen LogP contribution < -0.4 is 10.9 Å². The van der Waals surface area contributed by atoms with Crippen molar-refractivity contribution in [3.8, 4) is 0 Å². The van der Waals surface area contributed by atoms with Crippen molar-refractivity contribution < 1.29 is 4.79 Å². The predicted octanol–water partition coefficient (Wildman–Crippen LogP) is 1.15. The summed E-state index contributed by atoms with van der Waals surface area (Å²) in [6, 6.07) is 5.69. The van der Waals surface area contributed by atoms with Gasteiger partial charge in [-0.1, -0.05) is 0 Å². The number of rotatable bonds is 3. The summed E-state index contributed by atoms with van der Waals surface area (Å²) in [6.45, 7) is 3.40. The second kappa shape index (κ2) is 5.43. The fourth-order valence-electron chi connectivity index (χ4n) is 1.59. The van der Waals surface area contributed by atoms with Crippen molar-refractivity contribution in [1.82, 2.24) is 14.8 Å². The van der Waals surface area contributed by atoms with Crippen LogP contribution in [0.1, 0.15) is 18.7 Å². The number of anilines is 1. The van der Waals surface area contributed by atoms with Crippen LogP contribution in [0.4, 0.5) is 5.69 Å². The van der Waals surface area contributed by atoms with E-state index in [1.807, 2.05) is 0 Å². The molecule has 2 aromatic rings. The molecule has 6 heteroatoms. The average Bonchev–Trinajstić information content (AvgIpc) is 2.42. The van der Waals surface area contributed by atoms with Crippen molar-refractivity contribution in [3.63, 3.8) is 0 Å². The molecule has 2 rings (SSSR count). The third-order valence-electron chi connectivity index (χ3n) is 2.65. The van der Waals surface area contributed by atoms with Crippen LogP contribution in [-0.4, -0.2) is 20.7 Å². The van der Waals surface area contributed by atoms with Gasteiger partial charge in [-0.25, -0.2) is 4.68 Å². The summed E-state index contributed by atoms with van der Waals surface area (Å²) in [5.74, 6) is -0.300. The molecule has 0 bridgehead atoms. The smallest absolute Gasteiger partial charge is 0.267 e. The Balaban J connectivity index is 2.20. The molecular formula is C13H14N4O2. The van der Waals surface area contributed by atoms with E-state index in [0.29, 0.717) is 11.4 Å². The van der Waals surface area contributed by atoms with Gasteiger partial charge in [-0.15, -0.1) is 0 Å². The highest BCUT2D eigenvalue weighted by molar-refractivity contribution is 5.93. The van der Waals surface area contributed by atoms with Crippen molar-refractivity contribution in [2.24, 2.45) is 0 Å².